The second-order valence-corrected chi connectivity index (χ2v) is 11.1. The molecule has 7 nitrogen and oxygen atoms in total. The summed E-state index contributed by atoms with van der Waals surface area (Å²) < 4.78 is 33.0. The Morgan fingerprint density at radius 3 is 2.63 bits per heavy atom. The maximum atomic E-state index is 13.8. The van der Waals surface area contributed by atoms with Crippen LogP contribution < -0.4 is 15.4 Å². The number of ether oxygens (including phenoxy) is 1. The van der Waals surface area contributed by atoms with Crippen LogP contribution in [0.15, 0.2) is 60.2 Å². The van der Waals surface area contributed by atoms with Crippen LogP contribution in [0, 0.1) is 18.6 Å². The van der Waals surface area contributed by atoms with E-state index < -0.39 is 29.7 Å². The number of benzene rings is 2. The van der Waals surface area contributed by atoms with Crippen molar-refractivity contribution in [2.75, 3.05) is 39.8 Å². The molecule has 0 saturated carbocycles. The van der Waals surface area contributed by atoms with Crippen LogP contribution in [0.25, 0.3) is 0 Å². The lowest BCUT2D eigenvalue weighted by Crippen LogP contribution is -2.45. The van der Waals surface area contributed by atoms with Crippen LogP contribution in [0.5, 0.6) is 5.75 Å². The van der Waals surface area contributed by atoms with Crippen molar-refractivity contribution in [2.24, 2.45) is 0 Å². The van der Waals surface area contributed by atoms with E-state index in [1.54, 1.807) is 7.11 Å². The number of hydrogen-bond acceptors (Lipinski definition) is 4. The summed E-state index contributed by atoms with van der Waals surface area (Å²) in [5.41, 5.74) is 4.11. The molecule has 2 N–H and O–H groups in total. The van der Waals surface area contributed by atoms with Crippen molar-refractivity contribution in [2.45, 2.75) is 50.5 Å². The van der Waals surface area contributed by atoms with Gasteiger partial charge >= 0.3 is 12.1 Å². The lowest BCUT2D eigenvalue weighted by atomic mass is 9.66. The number of nitrogens with one attached hydrogen (secondary N) is 2. The number of hydrogen-bond donors (Lipinski definition) is 2. The maximum absolute atomic E-state index is 13.8. The van der Waals surface area contributed by atoms with Gasteiger partial charge in [0.05, 0.1) is 13.2 Å². The number of aryl methyl sites for hydroxylation is 1. The van der Waals surface area contributed by atoms with Crippen LogP contribution >= 0.6 is 0 Å². The van der Waals surface area contributed by atoms with Gasteiger partial charge in [-0.05, 0) is 88.0 Å². The Morgan fingerprint density at radius 1 is 1.12 bits per heavy atom. The highest BCUT2D eigenvalue weighted by Crippen LogP contribution is 2.47. The van der Waals surface area contributed by atoms with Crippen molar-refractivity contribution in [3.8, 4) is 5.75 Å². The topological polar surface area (TPSA) is 73.9 Å². The molecule has 4 amide bonds. The first-order valence-electron chi connectivity index (χ1n) is 14.4. The van der Waals surface area contributed by atoms with Gasteiger partial charge < -0.3 is 20.3 Å². The fraction of sp³-hybridized carbons (Fsp3) is 0.438. The molecule has 2 aliphatic heterocycles. The van der Waals surface area contributed by atoms with E-state index in [0.29, 0.717) is 12.1 Å². The summed E-state index contributed by atoms with van der Waals surface area (Å²) in [5, 5.41) is 5.45. The first-order valence-corrected chi connectivity index (χ1v) is 14.4. The largest absolute Gasteiger partial charge is 0.496 e. The summed E-state index contributed by atoms with van der Waals surface area (Å²) in [4.78, 5) is 28.7. The summed E-state index contributed by atoms with van der Waals surface area (Å²) in [6, 6.07) is 8.07. The fourth-order valence-electron chi connectivity index (χ4n) is 6.34. The molecule has 0 aromatic heterocycles. The number of amides is 4. The molecule has 41 heavy (non-hydrogen) atoms. The Morgan fingerprint density at radius 2 is 1.93 bits per heavy atom. The number of imide groups is 1. The van der Waals surface area contributed by atoms with Crippen LogP contribution in [0.2, 0.25) is 0 Å². The van der Waals surface area contributed by atoms with Crippen LogP contribution in [-0.2, 0) is 5.41 Å². The molecule has 2 saturated heterocycles. The van der Waals surface area contributed by atoms with E-state index in [2.05, 4.69) is 58.9 Å². The van der Waals surface area contributed by atoms with Gasteiger partial charge in [0.15, 0.2) is 11.6 Å². The monoisotopic (exact) mass is 564 g/mol. The van der Waals surface area contributed by atoms with Gasteiger partial charge in [-0.25, -0.2) is 23.3 Å². The number of piperidine rings is 1. The Hall–Kier alpha value is -3.72. The Kier molecular flexibility index (Phi) is 8.73. The normalized spacial score (nSPS) is 20.5. The molecule has 0 bridgehead atoms. The highest BCUT2D eigenvalue weighted by molar-refractivity contribution is 5.95. The average Bonchev–Trinajstić information content (AvgIpc) is 3.38. The number of halogens is 2. The van der Waals surface area contributed by atoms with Crippen LogP contribution in [0.1, 0.15) is 54.8 Å². The van der Waals surface area contributed by atoms with Crippen LogP contribution in [0.4, 0.5) is 18.4 Å². The van der Waals surface area contributed by atoms with Gasteiger partial charge in [0.1, 0.15) is 5.75 Å². The van der Waals surface area contributed by atoms with Crippen molar-refractivity contribution in [3.63, 3.8) is 0 Å². The summed E-state index contributed by atoms with van der Waals surface area (Å²) in [7, 11) is 1.74. The molecule has 1 aliphatic carbocycles. The third kappa shape index (κ3) is 6.00. The standard InChI is InChI=1S/C32H38F2N4O3/c1-22-9-12-29(41-2)25(19-22)32(24-7-4-3-5-8-24)13-17-37(18-14-32)16-6-15-35-30(39)38-28(21-36-31(38)40)23-10-11-26(33)27(34)20-23/h4,7-12,19-20,28H,3,5-6,13-18,21H2,1-2H3,(H,35,39)(H,36,40). The summed E-state index contributed by atoms with van der Waals surface area (Å²) in [6.45, 7) is 5.32. The molecule has 2 aromatic carbocycles. The average molecular weight is 565 g/mol. The molecule has 2 heterocycles. The van der Waals surface area contributed by atoms with E-state index in [4.69, 9.17) is 4.74 Å². The lowest BCUT2D eigenvalue weighted by Gasteiger charge is -2.44. The van der Waals surface area contributed by atoms with E-state index in [0.717, 1.165) is 74.5 Å². The van der Waals surface area contributed by atoms with E-state index in [1.165, 1.54) is 22.8 Å². The molecular formula is C32H38F2N4O3. The third-order valence-electron chi connectivity index (χ3n) is 8.58. The minimum Gasteiger partial charge on any atom is -0.496 e. The maximum Gasteiger partial charge on any atom is 0.326 e. The first kappa shape index (κ1) is 28.8. The quantitative estimate of drug-likeness (QED) is 0.400. The first-order chi connectivity index (χ1) is 19.8. The van der Waals surface area contributed by atoms with Gasteiger partial charge in [0.2, 0.25) is 0 Å². The van der Waals surface area contributed by atoms with E-state index in [1.807, 2.05) is 0 Å². The molecule has 1 unspecified atom stereocenters. The smallest absolute Gasteiger partial charge is 0.326 e. The van der Waals surface area contributed by atoms with Gasteiger partial charge in [-0.15, -0.1) is 0 Å². The number of nitrogens with zero attached hydrogens (tertiary/aromatic N) is 2. The zero-order chi connectivity index (χ0) is 29.0. The second kappa shape index (κ2) is 12.4. The lowest BCUT2D eigenvalue weighted by molar-refractivity contribution is 0.172. The van der Waals surface area contributed by atoms with Gasteiger partial charge in [0.25, 0.3) is 0 Å². The number of rotatable bonds is 8. The minimum atomic E-state index is -1.01. The fourth-order valence-corrected chi connectivity index (χ4v) is 6.34. The van der Waals surface area contributed by atoms with E-state index in [9.17, 15) is 18.4 Å². The molecule has 2 aromatic rings. The zero-order valence-electron chi connectivity index (χ0n) is 23.7. The van der Waals surface area contributed by atoms with Gasteiger partial charge in [-0.1, -0.05) is 42.0 Å². The SMILES string of the molecule is COc1ccc(C)cc1C1(C2=CCCC=C2)CCN(CCCNC(=O)N2C(=O)NCC2c2ccc(F)c(F)c2)CC1. The molecule has 9 heteroatoms. The zero-order valence-corrected chi connectivity index (χ0v) is 23.7. The molecule has 0 spiro atoms. The van der Waals surface area contributed by atoms with E-state index >= 15 is 0 Å². The molecular weight excluding hydrogens is 526 g/mol. The van der Waals surface area contributed by atoms with Crippen molar-refractivity contribution in [1.82, 2.24) is 20.4 Å². The van der Waals surface area contributed by atoms with Crippen molar-refractivity contribution < 1.29 is 23.1 Å². The van der Waals surface area contributed by atoms with Crippen molar-refractivity contribution >= 4 is 12.1 Å². The highest BCUT2D eigenvalue weighted by atomic mass is 19.2. The van der Waals surface area contributed by atoms with E-state index in [-0.39, 0.29) is 12.0 Å². The minimum absolute atomic E-state index is 0.100. The number of carbonyl (C=O) groups is 2. The van der Waals surface area contributed by atoms with Crippen LogP contribution in [0.3, 0.4) is 0 Å². The third-order valence-corrected chi connectivity index (χ3v) is 8.58. The number of allylic oxidation sites excluding steroid dienone is 4. The molecule has 1 atom stereocenters. The number of urea groups is 2. The van der Waals surface area contributed by atoms with Gasteiger partial charge in [-0.3, -0.25) is 0 Å². The Labute approximate surface area is 240 Å². The number of carbonyl (C=O) groups excluding carboxylic acids is 2. The molecule has 218 valence electrons. The predicted molar refractivity (Wildman–Crippen MR) is 154 cm³/mol. The van der Waals surface area contributed by atoms with Crippen LogP contribution in [-0.4, -0.2) is 61.7 Å². The Bertz CT molecular complexity index is 1350. The van der Waals surface area contributed by atoms with Crippen molar-refractivity contribution in [1.29, 1.82) is 0 Å². The molecule has 0 radical (unpaired) electrons. The summed E-state index contributed by atoms with van der Waals surface area (Å²) >= 11 is 0. The van der Waals surface area contributed by atoms with Crippen molar-refractivity contribution in [3.05, 3.63) is 88.5 Å². The molecule has 5 rings (SSSR count). The number of likely N-dealkylation sites (tertiary alicyclic amines) is 1. The van der Waals surface area contributed by atoms with Gasteiger partial charge in [0, 0.05) is 24.1 Å². The second-order valence-electron chi connectivity index (χ2n) is 11.1. The summed E-state index contributed by atoms with van der Waals surface area (Å²) in [6.07, 6.45) is 11.7. The number of methoxy groups -OCH3 is 1. The summed E-state index contributed by atoms with van der Waals surface area (Å²) in [5.74, 6) is -1.05. The highest BCUT2D eigenvalue weighted by Gasteiger charge is 2.41. The predicted octanol–water partition coefficient (Wildman–Crippen LogP) is 5.76. The molecule has 3 aliphatic rings. The van der Waals surface area contributed by atoms with Gasteiger partial charge in [-0.2, -0.15) is 0 Å². The molecule has 2 fully saturated rings. The Balaban J connectivity index is 1.18.